The maximum Gasteiger partial charge on any atom is 0.235 e. The molecule has 6 heteroatoms. The molecule has 2 aromatic rings. The van der Waals surface area contributed by atoms with Crippen molar-refractivity contribution in [2.75, 3.05) is 16.6 Å². The molecular weight excluding hydrogens is 334 g/mol. The van der Waals surface area contributed by atoms with Crippen LogP contribution in [-0.4, -0.2) is 25.8 Å². The van der Waals surface area contributed by atoms with Crippen molar-refractivity contribution in [3.8, 4) is 0 Å². The number of fused-ring (bicyclic) bond motifs is 1. The number of nitrogens with zero attached hydrogens (tertiary/aromatic N) is 1. The lowest BCUT2D eigenvalue weighted by molar-refractivity contribution is 0.166. The number of sulfonamides is 1. The van der Waals surface area contributed by atoms with Crippen molar-refractivity contribution in [2.45, 2.75) is 18.9 Å². The van der Waals surface area contributed by atoms with Gasteiger partial charge in [-0.3, -0.25) is 4.31 Å². The molecule has 1 aliphatic heterocycles. The van der Waals surface area contributed by atoms with E-state index in [0.29, 0.717) is 29.1 Å². The molecule has 0 aliphatic carbocycles. The molecule has 0 aromatic heterocycles. The zero-order valence-electron chi connectivity index (χ0n) is 12.5. The highest BCUT2D eigenvalue weighted by molar-refractivity contribution is 7.92. The summed E-state index contributed by atoms with van der Waals surface area (Å²) in [7, 11) is -3.45. The quantitative estimate of drug-likeness (QED) is 0.920. The zero-order chi connectivity index (χ0) is 16.4. The van der Waals surface area contributed by atoms with Gasteiger partial charge in [-0.1, -0.05) is 41.9 Å². The van der Waals surface area contributed by atoms with Crippen LogP contribution in [0.3, 0.4) is 0 Å². The van der Waals surface area contributed by atoms with Crippen molar-refractivity contribution < 1.29 is 13.5 Å². The van der Waals surface area contributed by atoms with E-state index in [0.717, 1.165) is 5.56 Å². The van der Waals surface area contributed by atoms with Crippen LogP contribution in [0, 0.1) is 0 Å². The van der Waals surface area contributed by atoms with E-state index in [1.54, 1.807) is 18.2 Å². The molecule has 0 saturated carbocycles. The normalized spacial score (nSPS) is 17.8. The fourth-order valence-electron chi connectivity index (χ4n) is 2.83. The summed E-state index contributed by atoms with van der Waals surface area (Å²) in [6.07, 6.45) is 0.160. The smallest absolute Gasteiger partial charge is 0.235 e. The SMILES string of the molecule is O=S(=O)(CCc1ccccc1)N1CCC(O)c2cc(Cl)ccc21. The third-order valence-corrected chi connectivity index (χ3v) is 6.06. The van der Waals surface area contributed by atoms with Crippen molar-refractivity contribution in [1.29, 1.82) is 0 Å². The monoisotopic (exact) mass is 351 g/mol. The lowest BCUT2D eigenvalue weighted by atomic mass is 10.0. The first kappa shape index (κ1) is 16.3. The fourth-order valence-corrected chi connectivity index (χ4v) is 4.57. The fraction of sp³-hybridized carbons (Fsp3) is 0.294. The maximum absolute atomic E-state index is 12.7. The van der Waals surface area contributed by atoms with Crippen molar-refractivity contribution in [3.63, 3.8) is 0 Å². The minimum atomic E-state index is -3.45. The molecule has 122 valence electrons. The Bertz CT molecular complexity index is 793. The standard InChI is InChI=1S/C17H18ClNO3S/c18-14-6-7-16-15(12-14)17(20)8-10-19(16)23(21,22)11-9-13-4-2-1-3-5-13/h1-7,12,17,20H,8-11H2. The third kappa shape index (κ3) is 3.52. The Morgan fingerprint density at radius 1 is 1.17 bits per heavy atom. The summed E-state index contributed by atoms with van der Waals surface area (Å²) in [6.45, 7) is 0.285. The lowest BCUT2D eigenvalue weighted by Gasteiger charge is -2.33. The molecule has 0 bridgehead atoms. The molecule has 0 saturated heterocycles. The second-order valence-electron chi connectivity index (χ2n) is 5.63. The van der Waals surface area contributed by atoms with Crippen molar-refractivity contribution >= 4 is 27.3 Å². The molecule has 2 aromatic carbocycles. The number of hydrogen-bond donors (Lipinski definition) is 1. The van der Waals surface area contributed by atoms with Gasteiger partial charge >= 0.3 is 0 Å². The Morgan fingerprint density at radius 3 is 2.65 bits per heavy atom. The van der Waals surface area contributed by atoms with E-state index in [-0.39, 0.29) is 12.3 Å². The third-order valence-electron chi connectivity index (χ3n) is 4.05. The van der Waals surface area contributed by atoms with E-state index in [9.17, 15) is 13.5 Å². The molecule has 23 heavy (non-hydrogen) atoms. The van der Waals surface area contributed by atoms with Crippen molar-refractivity contribution in [3.05, 3.63) is 64.7 Å². The van der Waals surface area contributed by atoms with Gasteiger partial charge in [0.15, 0.2) is 0 Å². The highest BCUT2D eigenvalue weighted by Crippen LogP contribution is 2.37. The van der Waals surface area contributed by atoms with E-state index in [2.05, 4.69) is 0 Å². The van der Waals surface area contributed by atoms with E-state index in [1.807, 2.05) is 30.3 Å². The molecule has 3 rings (SSSR count). The van der Waals surface area contributed by atoms with Gasteiger partial charge in [-0.25, -0.2) is 8.42 Å². The van der Waals surface area contributed by atoms with Crippen molar-refractivity contribution in [2.24, 2.45) is 0 Å². The average molecular weight is 352 g/mol. The first-order chi connectivity index (χ1) is 11.0. The Hall–Kier alpha value is -1.56. The highest BCUT2D eigenvalue weighted by Gasteiger charge is 2.31. The number of halogens is 1. The van der Waals surface area contributed by atoms with Crippen LogP contribution in [0.15, 0.2) is 48.5 Å². The van der Waals surface area contributed by atoms with Crippen LogP contribution in [0.1, 0.15) is 23.7 Å². The summed E-state index contributed by atoms with van der Waals surface area (Å²) in [5, 5.41) is 10.6. The minimum Gasteiger partial charge on any atom is -0.388 e. The minimum absolute atomic E-state index is 0.0369. The summed E-state index contributed by atoms with van der Waals surface area (Å²) in [5.41, 5.74) is 2.10. The zero-order valence-corrected chi connectivity index (χ0v) is 14.1. The number of anilines is 1. The van der Waals surface area contributed by atoms with Gasteiger partial charge in [0.05, 0.1) is 17.5 Å². The van der Waals surface area contributed by atoms with Crippen molar-refractivity contribution in [1.82, 2.24) is 0 Å². The van der Waals surface area contributed by atoms with E-state index in [4.69, 9.17) is 11.6 Å². The summed E-state index contributed by atoms with van der Waals surface area (Å²) in [4.78, 5) is 0. The summed E-state index contributed by atoms with van der Waals surface area (Å²) >= 11 is 5.97. The van der Waals surface area contributed by atoms with Gasteiger partial charge < -0.3 is 5.11 Å². The maximum atomic E-state index is 12.7. The van der Waals surface area contributed by atoms with Gasteiger partial charge in [-0.2, -0.15) is 0 Å². The largest absolute Gasteiger partial charge is 0.388 e. The van der Waals surface area contributed by atoms with Crippen LogP contribution in [-0.2, 0) is 16.4 Å². The predicted octanol–water partition coefficient (Wildman–Crippen LogP) is 3.16. The number of aliphatic hydroxyl groups is 1. The summed E-state index contributed by atoms with van der Waals surface area (Å²) in [6, 6.07) is 14.5. The Balaban J connectivity index is 1.85. The molecule has 1 aliphatic rings. The molecule has 0 fully saturated rings. The van der Waals surface area contributed by atoms with Gasteiger partial charge in [0, 0.05) is 17.1 Å². The van der Waals surface area contributed by atoms with E-state index >= 15 is 0 Å². The second-order valence-corrected chi connectivity index (χ2v) is 8.08. The number of rotatable bonds is 4. The van der Waals surface area contributed by atoms with Crippen LogP contribution in [0.4, 0.5) is 5.69 Å². The first-order valence-corrected chi connectivity index (χ1v) is 9.48. The molecule has 1 heterocycles. The first-order valence-electron chi connectivity index (χ1n) is 7.49. The molecule has 4 nitrogen and oxygen atoms in total. The molecule has 1 unspecified atom stereocenters. The van der Waals surface area contributed by atoms with E-state index < -0.39 is 16.1 Å². The summed E-state index contributed by atoms with van der Waals surface area (Å²) < 4.78 is 26.8. The number of hydrogen-bond acceptors (Lipinski definition) is 3. The molecule has 0 radical (unpaired) electrons. The molecule has 1 atom stereocenters. The Morgan fingerprint density at radius 2 is 1.91 bits per heavy atom. The molecule has 1 N–H and O–H groups in total. The van der Waals surface area contributed by atoms with Crippen LogP contribution in [0.5, 0.6) is 0 Å². The molecule has 0 spiro atoms. The lowest BCUT2D eigenvalue weighted by Crippen LogP contribution is -2.38. The number of aliphatic hydroxyl groups excluding tert-OH is 1. The van der Waals surface area contributed by atoms with Crippen LogP contribution in [0.25, 0.3) is 0 Å². The molecule has 0 amide bonds. The number of benzene rings is 2. The van der Waals surface area contributed by atoms with Crippen LogP contribution in [0.2, 0.25) is 5.02 Å². The predicted molar refractivity (Wildman–Crippen MR) is 92.3 cm³/mol. The number of aryl methyl sites for hydroxylation is 1. The summed E-state index contributed by atoms with van der Waals surface area (Å²) in [5.74, 6) is 0.0369. The topological polar surface area (TPSA) is 57.6 Å². The average Bonchev–Trinajstić information content (AvgIpc) is 2.55. The van der Waals surface area contributed by atoms with Gasteiger partial charge in [0.1, 0.15) is 0 Å². The van der Waals surface area contributed by atoms with Crippen LogP contribution < -0.4 is 4.31 Å². The van der Waals surface area contributed by atoms with Gasteiger partial charge in [0.25, 0.3) is 0 Å². The van der Waals surface area contributed by atoms with E-state index in [1.165, 1.54) is 4.31 Å². The second kappa shape index (κ2) is 6.51. The van der Waals surface area contributed by atoms with Crippen LogP contribution >= 0.6 is 11.6 Å². The molecular formula is C17H18ClNO3S. The van der Waals surface area contributed by atoms with Gasteiger partial charge in [0.2, 0.25) is 10.0 Å². The Kier molecular flexibility index (Phi) is 4.62. The van der Waals surface area contributed by atoms with Gasteiger partial charge in [-0.15, -0.1) is 0 Å². The Labute approximate surface area is 141 Å². The highest BCUT2D eigenvalue weighted by atomic mass is 35.5. The van der Waals surface area contributed by atoms with Gasteiger partial charge in [-0.05, 0) is 36.6 Å².